The molecule has 0 radical (unpaired) electrons. The number of carbonyl (C=O) groups excluding carboxylic acids is 1. The molecule has 0 fully saturated rings. The van der Waals surface area contributed by atoms with E-state index in [1.54, 1.807) is 6.92 Å². The predicted octanol–water partition coefficient (Wildman–Crippen LogP) is 1.46. The topological polar surface area (TPSA) is 55.1 Å². The van der Waals surface area contributed by atoms with Crippen molar-refractivity contribution in [3.05, 3.63) is 0 Å². The molecule has 0 aliphatic carbocycles. The average molecular weight is 249 g/mol. The van der Waals surface area contributed by atoms with Crippen molar-refractivity contribution in [1.82, 2.24) is 5.32 Å². The molecule has 0 aliphatic rings. The van der Waals surface area contributed by atoms with Crippen molar-refractivity contribution in [2.75, 3.05) is 13.1 Å². The molecular formula is C8H16ClF3N2O. The summed E-state index contributed by atoms with van der Waals surface area (Å²) in [6.45, 7) is 1.87. The summed E-state index contributed by atoms with van der Waals surface area (Å²) in [6.07, 6.45) is -5.11. The number of nitrogens with two attached hydrogens (primary N) is 1. The molecule has 3 N–H and O–H groups in total. The first-order chi connectivity index (χ1) is 6.37. The highest BCUT2D eigenvalue weighted by Crippen LogP contribution is 2.20. The molecule has 1 unspecified atom stereocenters. The van der Waals surface area contributed by atoms with Crippen molar-refractivity contribution >= 4 is 18.3 Å². The summed E-state index contributed by atoms with van der Waals surface area (Å²) in [5, 5.41) is 2.39. The van der Waals surface area contributed by atoms with E-state index in [4.69, 9.17) is 5.73 Å². The monoisotopic (exact) mass is 248 g/mol. The molecule has 0 aromatic carbocycles. The number of hydrogen-bond acceptors (Lipinski definition) is 2. The van der Waals surface area contributed by atoms with Crippen molar-refractivity contribution in [3.8, 4) is 0 Å². The van der Waals surface area contributed by atoms with Crippen molar-refractivity contribution in [3.63, 3.8) is 0 Å². The minimum absolute atomic E-state index is 0. The van der Waals surface area contributed by atoms with Gasteiger partial charge < -0.3 is 11.1 Å². The highest BCUT2D eigenvalue weighted by Gasteiger charge is 2.26. The van der Waals surface area contributed by atoms with Crippen molar-refractivity contribution in [1.29, 1.82) is 0 Å². The van der Waals surface area contributed by atoms with E-state index in [-0.39, 0.29) is 43.7 Å². The Morgan fingerprint density at radius 2 is 2.00 bits per heavy atom. The largest absolute Gasteiger partial charge is 0.389 e. The van der Waals surface area contributed by atoms with Crippen LogP contribution in [0.15, 0.2) is 0 Å². The Morgan fingerprint density at radius 1 is 1.47 bits per heavy atom. The van der Waals surface area contributed by atoms with Crippen LogP contribution < -0.4 is 11.1 Å². The first-order valence-corrected chi connectivity index (χ1v) is 4.41. The molecule has 1 amide bonds. The van der Waals surface area contributed by atoms with Gasteiger partial charge in [-0.2, -0.15) is 13.2 Å². The fourth-order valence-electron chi connectivity index (χ4n) is 0.782. The molecule has 0 saturated heterocycles. The van der Waals surface area contributed by atoms with E-state index in [9.17, 15) is 18.0 Å². The van der Waals surface area contributed by atoms with E-state index in [1.807, 2.05) is 0 Å². The van der Waals surface area contributed by atoms with Crippen LogP contribution in [-0.2, 0) is 4.79 Å². The highest BCUT2D eigenvalue weighted by atomic mass is 35.5. The molecule has 3 nitrogen and oxygen atoms in total. The number of rotatable bonds is 5. The van der Waals surface area contributed by atoms with Crippen LogP contribution in [-0.4, -0.2) is 25.2 Å². The van der Waals surface area contributed by atoms with Crippen LogP contribution in [0.1, 0.15) is 19.8 Å². The number of carbonyl (C=O) groups is 1. The summed E-state index contributed by atoms with van der Waals surface area (Å²) < 4.78 is 35.0. The fourth-order valence-corrected chi connectivity index (χ4v) is 0.782. The summed E-state index contributed by atoms with van der Waals surface area (Å²) in [5.41, 5.74) is 5.21. The number of nitrogens with one attached hydrogen (secondary N) is 1. The van der Waals surface area contributed by atoms with E-state index in [1.165, 1.54) is 0 Å². The lowest BCUT2D eigenvalue weighted by atomic mass is 10.1. The van der Waals surface area contributed by atoms with Gasteiger partial charge in [-0.05, 0) is 6.42 Å². The van der Waals surface area contributed by atoms with E-state index in [0.717, 1.165) is 0 Å². The average Bonchev–Trinajstić information content (AvgIpc) is 2.09. The maximum Gasteiger partial charge on any atom is 0.389 e. The Morgan fingerprint density at radius 3 is 2.40 bits per heavy atom. The zero-order chi connectivity index (χ0) is 11.2. The standard InChI is InChI=1S/C8H15F3N2O.ClH/c1-6(5-12)7(14)13-4-2-3-8(9,10)11;/h6H,2-5,12H2,1H3,(H,13,14);1H. The lowest BCUT2D eigenvalue weighted by Crippen LogP contribution is -2.34. The number of halogens is 4. The molecule has 0 aliphatic heterocycles. The van der Waals surface area contributed by atoms with Gasteiger partial charge in [0.15, 0.2) is 0 Å². The minimum Gasteiger partial charge on any atom is -0.356 e. The van der Waals surface area contributed by atoms with Crippen LogP contribution in [0.5, 0.6) is 0 Å². The van der Waals surface area contributed by atoms with Crippen LogP contribution in [0.2, 0.25) is 0 Å². The Bertz CT molecular complexity index is 187. The number of amides is 1. The van der Waals surface area contributed by atoms with E-state index in [0.29, 0.717) is 0 Å². The van der Waals surface area contributed by atoms with Gasteiger partial charge in [-0.15, -0.1) is 12.4 Å². The van der Waals surface area contributed by atoms with Crippen LogP contribution in [0.3, 0.4) is 0 Å². The summed E-state index contributed by atoms with van der Waals surface area (Å²) in [5.74, 6) is -0.643. The Kier molecular flexibility index (Phi) is 8.75. The second-order valence-electron chi connectivity index (χ2n) is 3.15. The van der Waals surface area contributed by atoms with E-state index < -0.39 is 12.6 Å². The maximum absolute atomic E-state index is 11.7. The van der Waals surface area contributed by atoms with Gasteiger partial charge in [-0.25, -0.2) is 0 Å². The molecule has 1 atom stereocenters. The molecular weight excluding hydrogens is 233 g/mol. The molecule has 0 saturated carbocycles. The van der Waals surface area contributed by atoms with Gasteiger partial charge in [-0.3, -0.25) is 4.79 Å². The molecule has 0 heterocycles. The van der Waals surface area contributed by atoms with E-state index in [2.05, 4.69) is 5.32 Å². The highest BCUT2D eigenvalue weighted by molar-refractivity contribution is 5.85. The fraction of sp³-hybridized carbons (Fsp3) is 0.875. The lowest BCUT2D eigenvalue weighted by Gasteiger charge is -2.10. The van der Waals surface area contributed by atoms with Gasteiger partial charge in [0, 0.05) is 25.4 Å². The van der Waals surface area contributed by atoms with Crippen molar-refractivity contribution < 1.29 is 18.0 Å². The normalized spacial score (nSPS) is 12.9. The van der Waals surface area contributed by atoms with Crippen molar-refractivity contribution in [2.45, 2.75) is 25.9 Å². The van der Waals surface area contributed by atoms with Crippen LogP contribution in [0.4, 0.5) is 13.2 Å². The summed E-state index contributed by atoms with van der Waals surface area (Å²) in [4.78, 5) is 11.0. The number of hydrogen-bond donors (Lipinski definition) is 2. The summed E-state index contributed by atoms with van der Waals surface area (Å²) in [6, 6.07) is 0. The van der Waals surface area contributed by atoms with Crippen molar-refractivity contribution in [2.24, 2.45) is 11.7 Å². The number of alkyl halides is 3. The van der Waals surface area contributed by atoms with Gasteiger partial charge >= 0.3 is 6.18 Å². The second-order valence-corrected chi connectivity index (χ2v) is 3.15. The SMILES string of the molecule is CC(CN)C(=O)NCCCC(F)(F)F.Cl. The van der Waals surface area contributed by atoms with Gasteiger partial charge in [0.25, 0.3) is 0 Å². The molecule has 0 aromatic heterocycles. The smallest absolute Gasteiger partial charge is 0.356 e. The Labute approximate surface area is 93.0 Å². The molecule has 0 spiro atoms. The van der Waals surface area contributed by atoms with E-state index >= 15 is 0 Å². The van der Waals surface area contributed by atoms with Gasteiger partial charge in [0.1, 0.15) is 0 Å². The molecule has 15 heavy (non-hydrogen) atoms. The van der Waals surface area contributed by atoms with Crippen LogP contribution >= 0.6 is 12.4 Å². The van der Waals surface area contributed by atoms with Crippen LogP contribution in [0, 0.1) is 5.92 Å². The molecule has 0 bridgehead atoms. The Balaban J connectivity index is 0. The predicted molar refractivity (Wildman–Crippen MR) is 53.8 cm³/mol. The molecule has 0 aromatic rings. The maximum atomic E-state index is 11.7. The summed E-state index contributed by atoms with van der Waals surface area (Å²) >= 11 is 0. The summed E-state index contributed by atoms with van der Waals surface area (Å²) in [7, 11) is 0. The Hall–Kier alpha value is -0.490. The first-order valence-electron chi connectivity index (χ1n) is 4.41. The third kappa shape index (κ3) is 9.81. The zero-order valence-corrected chi connectivity index (χ0v) is 9.25. The van der Waals surface area contributed by atoms with Gasteiger partial charge in [0.2, 0.25) is 5.91 Å². The molecule has 0 rings (SSSR count). The third-order valence-corrected chi connectivity index (χ3v) is 1.74. The molecule has 92 valence electrons. The second kappa shape index (κ2) is 7.76. The molecule has 7 heteroatoms. The zero-order valence-electron chi connectivity index (χ0n) is 8.43. The quantitative estimate of drug-likeness (QED) is 0.724. The first kappa shape index (κ1) is 16.9. The third-order valence-electron chi connectivity index (χ3n) is 1.74. The van der Waals surface area contributed by atoms with Gasteiger partial charge in [-0.1, -0.05) is 6.92 Å². The minimum atomic E-state index is -4.15. The van der Waals surface area contributed by atoms with Gasteiger partial charge in [0.05, 0.1) is 0 Å². The lowest BCUT2D eigenvalue weighted by molar-refractivity contribution is -0.136. The van der Waals surface area contributed by atoms with Crippen LogP contribution in [0.25, 0.3) is 0 Å².